The van der Waals surface area contributed by atoms with Gasteiger partial charge in [0.2, 0.25) is 5.91 Å². The number of anilines is 1. The molecule has 0 aliphatic rings. The number of nitrogens with zero attached hydrogens (tertiary/aromatic N) is 1. The summed E-state index contributed by atoms with van der Waals surface area (Å²) in [6, 6.07) is 4.22. The van der Waals surface area contributed by atoms with E-state index in [1.54, 1.807) is 13.0 Å². The average Bonchev–Trinajstić information content (AvgIpc) is 2.30. The molecule has 0 aromatic heterocycles. The van der Waals surface area contributed by atoms with E-state index in [1.807, 2.05) is 13.8 Å². The number of nitro groups is 1. The molecule has 20 heavy (non-hydrogen) atoms. The van der Waals surface area contributed by atoms with Crippen molar-refractivity contribution in [3.8, 4) is 0 Å². The van der Waals surface area contributed by atoms with Gasteiger partial charge >= 0.3 is 0 Å². The number of non-ortho nitro benzene ring substituents is 1. The summed E-state index contributed by atoms with van der Waals surface area (Å²) in [6.07, 6.45) is 0.141. The fourth-order valence-corrected chi connectivity index (χ4v) is 1.76. The first-order chi connectivity index (χ1) is 9.29. The van der Waals surface area contributed by atoms with Crippen molar-refractivity contribution in [1.29, 1.82) is 0 Å². The summed E-state index contributed by atoms with van der Waals surface area (Å²) in [5.41, 5.74) is 0.973. The van der Waals surface area contributed by atoms with E-state index in [9.17, 15) is 19.7 Å². The van der Waals surface area contributed by atoms with Gasteiger partial charge in [-0.2, -0.15) is 0 Å². The Morgan fingerprint density at radius 1 is 1.35 bits per heavy atom. The molecule has 0 atom stereocenters. The average molecular weight is 278 g/mol. The Labute approximate surface area is 117 Å². The number of rotatable bonds is 6. The molecule has 1 aromatic rings. The normalized spacial score (nSPS) is 10.4. The van der Waals surface area contributed by atoms with E-state index in [1.165, 1.54) is 12.1 Å². The lowest BCUT2D eigenvalue weighted by Gasteiger charge is -2.08. The molecule has 0 aliphatic carbocycles. The number of aryl methyl sites for hydroxylation is 1. The van der Waals surface area contributed by atoms with E-state index in [4.69, 9.17) is 0 Å². The van der Waals surface area contributed by atoms with Crippen molar-refractivity contribution in [2.45, 2.75) is 33.6 Å². The molecule has 6 heteroatoms. The standard InChI is InChI=1S/C14H18N2O4/c1-9(2)6-12(17)8-14(18)15-13-7-11(16(19)20)5-4-10(13)3/h4-5,7,9H,6,8H2,1-3H3,(H,15,18). The maximum Gasteiger partial charge on any atom is 0.271 e. The molecule has 1 N–H and O–H groups in total. The summed E-state index contributed by atoms with van der Waals surface area (Å²) >= 11 is 0. The van der Waals surface area contributed by atoms with Crippen LogP contribution in [0.15, 0.2) is 18.2 Å². The highest BCUT2D eigenvalue weighted by atomic mass is 16.6. The van der Waals surface area contributed by atoms with Crippen LogP contribution in [0.3, 0.4) is 0 Å². The SMILES string of the molecule is Cc1ccc([N+](=O)[O-])cc1NC(=O)CC(=O)CC(C)C. The first kappa shape index (κ1) is 15.8. The molecular weight excluding hydrogens is 260 g/mol. The Kier molecular flexibility index (Phi) is 5.37. The fraction of sp³-hybridized carbons (Fsp3) is 0.429. The first-order valence-electron chi connectivity index (χ1n) is 6.36. The van der Waals surface area contributed by atoms with Gasteiger partial charge in [0.15, 0.2) is 0 Å². The minimum absolute atomic E-state index is 0.0978. The molecule has 0 radical (unpaired) electrons. The van der Waals surface area contributed by atoms with Crippen LogP contribution in [0.25, 0.3) is 0 Å². The van der Waals surface area contributed by atoms with E-state index in [2.05, 4.69) is 5.32 Å². The predicted octanol–water partition coefficient (Wildman–Crippen LogP) is 2.85. The van der Waals surface area contributed by atoms with Gasteiger partial charge in [-0.15, -0.1) is 0 Å². The molecule has 0 saturated heterocycles. The maximum absolute atomic E-state index is 11.7. The molecule has 0 saturated carbocycles. The molecule has 0 spiro atoms. The molecule has 0 heterocycles. The molecule has 0 fully saturated rings. The quantitative estimate of drug-likeness (QED) is 0.492. The van der Waals surface area contributed by atoms with Crippen molar-refractivity contribution in [1.82, 2.24) is 0 Å². The van der Waals surface area contributed by atoms with Crippen LogP contribution in [-0.2, 0) is 9.59 Å². The first-order valence-corrected chi connectivity index (χ1v) is 6.36. The van der Waals surface area contributed by atoms with Crippen molar-refractivity contribution in [2.24, 2.45) is 5.92 Å². The maximum atomic E-state index is 11.7. The van der Waals surface area contributed by atoms with Gasteiger partial charge in [0.05, 0.1) is 17.0 Å². The second kappa shape index (κ2) is 6.79. The minimum Gasteiger partial charge on any atom is -0.325 e. The lowest BCUT2D eigenvalue weighted by atomic mass is 10.0. The monoisotopic (exact) mass is 278 g/mol. The highest BCUT2D eigenvalue weighted by molar-refractivity contribution is 6.04. The number of hydrogen-bond donors (Lipinski definition) is 1. The zero-order valence-electron chi connectivity index (χ0n) is 11.8. The van der Waals surface area contributed by atoms with Gasteiger partial charge in [0.1, 0.15) is 5.78 Å². The Morgan fingerprint density at radius 3 is 2.55 bits per heavy atom. The number of Topliss-reactive ketones (excluding diaryl/α,β-unsaturated/α-hetero) is 1. The van der Waals surface area contributed by atoms with Crippen LogP contribution < -0.4 is 5.32 Å². The predicted molar refractivity (Wildman–Crippen MR) is 75.5 cm³/mol. The summed E-state index contributed by atoms with van der Waals surface area (Å²) in [7, 11) is 0. The smallest absolute Gasteiger partial charge is 0.271 e. The Balaban J connectivity index is 2.73. The van der Waals surface area contributed by atoms with Crippen LogP contribution in [0, 0.1) is 23.0 Å². The molecule has 1 aromatic carbocycles. The van der Waals surface area contributed by atoms with Crippen LogP contribution >= 0.6 is 0 Å². The van der Waals surface area contributed by atoms with E-state index in [0.717, 1.165) is 0 Å². The van der Waals surface area contributed by atoms with Crippen molar-refractivity contribution in [2.75, 3.05) is 5.32 Å². The van der Waals surface area contributed by atoms with Gasteiger partial charge in [-0.3, -0.25) is 19.7 Å². The number of carbonyl (C=O) groups is 2. The Bertz CT molecular complexity index is 538. The Hall–Kier alpha value is -2.24. The highest BCUT2D eigenvalue weighted by Gasteiger charge is 2.14. The summed E-state index contributed by atoms with van der Waals surface area (Å²) < 4.78 is 0. The minimum atomic E-state index is -0.529. The third-order valence-electron chi connectivity index (χ3n) is 2.70. The molecule has 0 unspecified atom stereocenters. The summed E-state index contributed by atoms with van der Waals surface area (Å²) in [4.78, 5) is 33.4. The molecule has 0 aliphatic heterocycles. The summed E-state index contributed by atoms with van der Waals surface area (Å²) in [5, 5.41) is 13.2. The fourth-order valence-electron chi connectivity index (χ4n) is 1.76. The molecule has 1 amide bonds. The van der Waals surface area contributed by atoms with Crippen molar-refractivity contribution in [3.05, 3.63) is 33.9 Å². The summed E-state index contributed by atoms with van der Waals surface area (Å²) in [5.74, 6) is -0.380. The van der Waals surface area contributed by atoms with Crippen LogP contribution in [0.2, 0.25) is 0 Å². The van der Waals surface area contributed by atoms with Crippen molar-refractivity contribution in [3.63, 3.8) is 0 Å². The number of benzene rings is 1. The molecule has 6 nitrogen and oxygen atoms in total. The van der Waals surface area contributed by atoms with Gasteiger partial charge in [0, 0.05) is 18.6 Å². The van der Waals surface area contributed by atoms with Gasteiger partial charge in [-0.05, 0) is 18.4 Å². The third kappa shape index (κ3) is 4.79. The lowest BCUT2D eigenvalue weighted by Crippen LogP contribution is -2.18. The molecule has 108 valence electrons. The second-order valence-corrected chi connectivity index (χ2v) is 5.12. The number of nitrogens with one attached hydrogen (secondary N) is 1. The molecule has 1 rings (SSSR count). The lowest BCUT2D eigenvalue weighted by molar-refractivity contribution is -0.384. The van der Waals surface area contributed by atoms with Crippen molar-refractivity contribution >= 4 is 23.1 Å². The second-order valence-electron chi connectivity index (χ2n) is 5.12. The van der Waals surface area contributed by atoms with Crippen LogP contribution in [-0.4, -0.2) is 16.6 Å². The van der Waals surface area contributed by atoms with E-state index in [0.29, 0.717) is 17.7 Å². The molecular formula is C14H18N2O4. The topological polar surface area (TPSA) is 89.3 Å². The van der Waals surface area contributed by atoms with Crippen molar-refractivity contribution < 1.29 is 14.5 Å². The van der Waals surface area contributed by atoms with Gasteiger partial charge in [-0.25, -0.2) is 0 Å². The Morgan fingerprint density at radius 2 is 2.00 bits per heavy atom. The zero-order chi connectivity index (χ0) is 15.3. The van der Waals surface area contributed by atoms with Crippen LogP contribution in [0.1, 0.15) is 32.3 Å². The van der Waals surface area contributed by atoms with Gasteiger partial charge < -0.3 is 5.32 Å². The zero-order valence-corrected chi connectivity index (χ0v) is 11.8. The van der Waals surface area contributed by atoms with E-state index >= 15 is 0 Å². The van der Waals surface area contributed by atoms with E-state index in [-0.39, 0.29) is 23.8 Å². The summed E-state index contributed by atoms with van der Waals surface area (Å²) in [6.45, 7) is 5.54. The third-order valence-corrected chi connectivity index (χ3v) is 2.70. The number of nitro benzene ring substituents is 1. The number of ketones is 1. The van der Waals surface area contributed by atoms with Gasteiger partial charge in [-0.1, -0.05) is 19.9 Å². The largest absolute Gasteiger partial charge is 0.325 e. The van der Waals surface area contributed by atoms with Crippen LogP contribution in [0.4, 0.5) is 11.4 Å². The van der Waals surface area contributed by atoms with Crippen LogP contribution in [0.5, 0.6) is 0 Å². The van der Waals surface area contributed by atoms with E-state index < -0.39 is 10.8 Å². The molecule has 0 bridgehead atoms. The number of hydrogen-bond acceptors (Lipinski definition) is 4. The number of amides is 1. The van der Waals surface area contributed by atoms with Gasteiger partial charge in [0.25, 0.3) is 5.69 Å². The highest BCUT2D eigenvalue weighted by Crippen LogP contribution is 2.22. The number of carbonyl (C=O) groups excluding carboxylic acids is 2.